The number of rotatable bonds is 5. The first-order chi connectivity index (χ1) is 10.5. The molecule has 1 aromatic rings. The standard InChI is InChI=1S/C15H21BFNO4/c1-2-22-15(19)9-11-5-7-18(8-6-11)14-4-3-12(16(20)21)10-13(14)17/h3-4,10-11,20-21H,2,5-9H2,1H3. The van der Waals surface area contributed by atoms with E-state index in [-0.39, 0.29) is 17.4 Å². The number of benzene rings is 1. The van der Waals surface area contributed by atoms with Gasteiger partial charge in [0.1, 0.15) is 5.82 Å². The SMILES string of the molecule is CCOC(=O)CC1CCN(c2ccc(B(O)O)cc2F)CC1. The second-order valence-electron chi connectivity index (χ2n) is 5.52. The van der Waals surface area contributed by atoms with Crippen molar-refractivity contribution >= 4 is 24.2 Å². The molecular weight excluding hydrogens is 288 g/mol. The molecule has 0 spiro atoms. The number of piperidine rings is 1. The van der Waals surface area contributed by atoms with E-state index in [0.717, 1.165) is 18.9 Å². The van der Waals surface area contributed by atoms with Crippen LogP contribution in [0.2, 0.25) is 0 Å². The van der Waals surface area contributed by atoms with Crippen molar-refractivity contribution in [2.45, 2.75) is 26.2 Å². The number of esters is 1. The Bertz CT molecular complexity index is 518. The number of carbonyl (C=O) groups excluding carboxylic acids is 1. The molecule has 2 N–H and O–H groups in total. The van der Waals surface area contributed by atoms with Gasteiger partial charge in [0, 0.05) is 19.5 Å². The average Bonchev–Trinajstić information content (AvgIpc) is 2.48. The zero-order valence-corrected chi connectivity index (χ0v) is 12.7. The van der Waals surface area contributed by atoms with E-state index in [2.05, 4.69) is 0 Å². The average molecular weight is 309 g/mol. The van der Waals surface area contributed by atoms with Gasteiger partial charge >= 0.3 is 13.1 Å². The summed E-state index contributed by atoms with van der Waals surface area (Å²) in [5, 5.41) is 18.1. The molecule has 0 saturated carbocycles. The van der Waals surface area contributed by atoms with Gasteiger partial charge in [-0.2, -0.15) is 0 Å². The number of nitrogens with zero attached hydrogens (tertiary/aromatic N) is 1. The summed E-state index contributed by atoms with van der Waals surface area (Å²) in [6.07, 6.45) is 2.03. The van der Waals surface area contributed by atoms with Gasteiger partial charge in [0.15, 0.2) is 0 Å². The monoisotopic (exact) mass is 309 g/mol. The molecule has 1 saturated heterocycles. The largest absolute Gasteiger partial charge is 0.488 e. The molecule has 0 atom stereocenters. The maximum absolute atomic E-state index is 14.1. The molecule has 1 aliphatic heterocycles. The molecule has 0 unspecified atom stereocenters. The maximum Gasteiger partial charge on any atom is 0.488 e. The van der Waals surface area contributed by atoms with Gasteiger partial charge < -0.3 is 19.7 Å². The Morgan fingerprint density at radius 1 is 1.41 bits per heavy atom. The molecule has 0 amide bonds. The fourth-order valence-corrected chi connectivity index (χ4v) is 2.77. The third-order valence-corrected chi connectivity index (χ3v) is 3.99. The summed E-state index contributed by atoms with van der Waals surface area (Å²) >= 11 is 0. The summed E-state index contributed by atoms with van der Waals surface area (Å²) in [5.41, 5.74) is 0.595. The molecule has 1 aliphatic rings. The fourth-order valence-electron chi connectivity index (χ4n) is 2.77. The van der Waals surface area contributed by atoms with E-state index in [0.29, 0.717) is 31.8 Å². The fraction of sp³-hybridized carbons (Fsp3) is 0.533. The topological polar surface area (TPSA) is 70.0 Å². The van der Waals surface area contributed by atoms with Crippen LogP contribution in [0.5, 0.6) is 0 Å². The molecule has 2 rings (SSSR count). The number of halogens is 1. The quantitative estimate of drug-likeness (QED) is 0.618. The molecule has 0 aromatic heterocycles. The summed E-state index contributed by atoms with van der Waals surface area (Å²) in [6.45, 7) is 3.52. The molecule has 7 heteroatoms. The van der Waals surface area contributed by atoms with Crippen molar-refractivity contribution in [3.63, 3.8) is 0 Å². The van der Waals surface area contributed by atoms with Crippen molar-refractivity contribution in [2.24, 2.45) is 5.92 Å². The van der Waals surface area contributed by atoms with Gasteiger partial charge in [0.25, 0.3) is 0 Å². The highest BCUT2D eigenvalue weighted by atomic mass is 19.1. The van der Waals surface area contributed by atoms with Crippen LogP contribution in [0.1, 0.15) is 26.2 Å². The third-order valence-electron chi connectivity index (χ3n) is 3.99. The Hall–Kier alpha value is -1.60. The molecule has 22 heavy (non-hydrogen) atoms. The highest BCUT2D eigenvalue weighted by Crippen LogP contribution is 2.26. The van der Waals surface area contributed by atoms with Crippen LogP contribution in [-0.4, -0.2) is 42.8 Å². The minimum atomic E-state index is -1.67. The molecule has 0 radical (unpaired) electrons. The van der Waals surface area contributed by atoms with Gasteiger partial charge in [-0.15, -0.1) is 0 Å². The van der Waals surface area contributed by atoms with Crippen LogP contribution in [0.25, 0.3) is 0 Å². The minimum Gasteiger partial charge on any atom is -0.466 e. The highest BCUT2D eigenvalue weighted by molar-refractivity contribution is 6.58. The predicted molar refractivity (Wildman–Crippen MR) is 82.4 cm³/mol. The summed E-state index contributed by atoms with van der Waals surface area (Å²) < 4.78 is 19.0. The van der Waals surface area contributed by atoms with Crippen molar-refractivity contribution in [1.29, 1.82) is 0 Å². The first kappa shape index (κ1) is 16.8. The van der Waals surface area contributed by atoms with Crippen LogP contribution < -0.4 is 10.4 Å². The number of hydrogen-bond donors (Lipinski definition) is 2. The van der Waals surface area contributed by atoms with Crippen LogP contribution in [0.15, 0.2) is 18.2 Å². The lowest BCUT2D eigenvalue weighted by Crippen LogP contribution is -2.36. The second kappa shape index (κ2) is 7.60. The van der Waals surface area contributed by atoms with Gasteiger partial charge in [0.05, 0.1) is 12.3 Å². The van der Waals surface area contributed by atoms with Crippen molar-refractivity contribution in [3.8, 4) is 0 Å². The number of ether oxygens (including phenoxy) is 1. The van der Waals surface area contributed by atoms with Crippen molar-refractivity contribution in [2.75, 3.05) is 24.6 Å². The smallest absolute Gasteiger partial charge is 0.466 e. The normalized spacial score (nSPS) is 15.7. The Kier molecular flexibility index (Phi) is 5.79. The molecular formula is C15H21BFNO4. The van der Waals surface area contributed by atoms with E-state index >= 15 is 0 Å². The zero-order valence-electron chi connectivity index (χ0n) is 12.7. The first-order valence-corrected chi connectivity index (χ1v) is 7.57. The van der Waals surface area contributed by atoms with Crippen LogP contribution in [0.4, 0.5) is 10.1 Å². The molecule has 1 aromatic carbocycles. The Balaban J connectivity index is 1.93. The van der Waals surface area contributed by atoms with Crippen molar-refractivity contribution < 1.29 is 24.0 Å². The van der Waals surface area contributed by atoms with E-state index in [9.17, 15) is 9.18 Å². The Labute approximate surface area is 129 Å². The summed E-state index contributed by atoms with van der Waals surface area (Å²) in [5.74, 6) is -0.361. The molecule has 5 nitrogen and oxygen atoms in total. The molecule has 120 valence electrons. The molecule has 0 aliphatic carbocycles. The number of anilines is 1. The van der Waals surface area contributed by atoms with Gasteiger partial charge in [-0.05, 0) is 43.3 Å². The Morgan fingerprint density at radius 3 is 2.64 bits per heavy atom. The molecule has 0 bridgehead atoms. The van der Waals surface area contributed by atoms with Crippen LogP contribution in [0.3, 0.4) is 0 Å². The maximum atomic E-state index is 14.1. The van der Waals surface area contributed by atoms with E-state index in [1.54, 1.807) is 13.0 Å². The first-order valence-electron chi connectivity index (χ1n) is 7.57. The van der Waals surface area contributed by atoms with E-state index < -0.39 is 12.9 Å². The summed E-state index contributed by atoms with van der Waals surface area (Å²) in [4.78, 5) is 13.4. The van der Waals surface area contributed by atoms with Crippen LogP contribution in [-0.2, 0) is 9.53 Å². The number of carbonyl (C=O) groups is 1. The lowest BCUT2D eigenvalue weighted by Gasteiger charge is -2.33. The van der Waals surface area contributed by atoms with Gasteiger partial charge in [-0.1, -0.05) is 6.07 Å². The lowest BCUT2D eigenvalue weighted by atomic mass is 9.80. The lowest BCUT2D eigenvalue weighted by molar-refractivity contribution is -0.144. The second-order valence-corrected chi connectivity index (χ2v) is 5.52. The summed E-state index contributed by atoms with van der Waals surface area (Å²) in [6, 6.07) is 4.22. The number of hydrogen-bond acceptors (Lipinski definition) is 5. The van der Waals surface area contributed by atoms with Gasteiger partial charge in [-0.25, -0.2) is 4.39 Å². The summed E-state index contributed by atoms with van der Waals surface area (Å²) in [7, 11) is -1.67. The van der Waals surface area contributed by atoms with Crippen molar-refractivity contribution in [1.82, 2.24) is 0 Å². The van der Waals surface area contributed by atoms with E-state index in [1.807, 2.05) is 4.90 Å². The van der Waals surface area contributed by atoms with E-state index in [1.165, 1.54) is 6.07 Å². The highest BCUT2D eigenvalue weighted by Gasteiger charge is 2.24. The Morgan fingerprint density at radius 2 is 2.09 bits per heavy atom. The minimum absolute atomic E-state index is 0.137. The predicted octanol–water partition coefficient (Wildman–Crippen LogP) is 0.675. The van der Waals surface area contributed by atoms with Crippen molar-refractivity contribution in [3.05, 3.63) is 24.0 Å². The molecule has 1 heterocycles. The van der Waals surface area contributed by atoms with Gasteiger partial charge in [0.2, 0.25) is 0 Å². The zero-order chi connectivity index (χ0) is 16.1. The van der Waals surface area contributed by atoms with Gasteiger partial charge in [-0.3, -0.25) is 4.79 Å². The third kappa shape index (κ3) is 4.21. The van der Waals surface area contributed by atoms with E-state index in [4.69, 9.17) is 14.8 Å². The van der Waals surface area contributed by atoms with Crippen LogP contribution in [0, 0.1) is 11.7 Å². The molecule has 1 fully saturated rings. The van der Waals surface area contributed by atoms with Crippen LogP contribution >= 0.6 is 0 Å².